The zero-order valence-electron chi connectivity index (χ0n) is 16.9. The fourth-order valence-electron chi connectivity index (χ4n) is 3.11. The summed E-state index contributed by atoms with van der Waals surface area (Å²) in [4.78, 5) is 17.0. The van der Waals surface area contributed by atoms with Crippen LogP contribution in [0.15, 0.2) is 63.5 Å². The molecule has 4 aromatic rings. The van der Waals surface area contributed by atoms with Crippen molar-refractivity contribution in [2.45, 2.75) is 20.8 Å². The molecule has 0 radical (unpaired) electrons. The first-order chi connectivity index (χ1) is 14.5. The van der Waals surface area contributed by atoms with Crippen LogP contribution in [0.3, 0.4) is 0 Å². The van der Waals surface area contributed by atoms with Gasteiger partial charge in [0.2, 0.25) is 5.82 Å². The zero-order chi connectivity index (χ0) is 21.1. The van der Waals surface area contributed by atoms with Crippen LogP contribution in [0.4, 0.5) is 5.69 Å². The number of anilines is 1. The summed E-state index contributed by atoms with van der Waals surface area (Å²) in [7, 11) is 0. The quantitative estimate of drug-likeness (QED) is 0.472. The lowest BCUT2D eigenvalue weighted by atomic mass is 10.1. The van der Waals surface area contributed by atoms with Crippen LogP contribution in [0.5, 0.6) is 5.75 Å². The molecular weight excluding hydrogens is 382 g/mol. The molecule has 0 unspecified atom stereocenters. The molecule has 0 aliphatic carbocycles. The second-order valence-corrected chi connectivity index (χ2v) is 6.74. The van der Waals surface area contributed by atoms with Crippen molar-refractivity contribution in [3.05, 3.63) is 71.7 Å². The third-order valence-electron chi connectivity index (χ3n) is 4.50. The fourth-order valence-corrected chi connectivity index (χ4v) is 3.11. The summed E-state index contributed by atoms with van der Waals surface area (Å²) in [5.74, 6) is 2.67. The van der Waals surface area contributed by atoms with E-state index in [9.17, 15) is 4.79 Å². The Kier molecular flexibility index (Phi) is 5.34. The average Bonchev–Trinajstić information content (AvgIpc) is 3.35. The number of rotatable bonds is 6. The second-order valence-electron chi connectivity index (χ2n) is 6.74. The van der Waals surface area contributed by atoms with Gasteiger partial charge in [-0.3, -0.25) is 4.79 Å². The number of ether oxygens (including phenoxy) is 1. The highest BCUT2D eigenvalue weighted by Crippen LogP contribution is 2.26. The van der Waals surface area contributed by atoms with Gasteiger partial charge in [0.1, 0.15) is 17.3 Å². The lowest BCUT2D eigenvalue weighted by Crippen LogP contribution is -2.12. The predicted molar refractivity (Wildman–Crippen MR) is 112 cm³/mol. The highest BCUT2D eigenvalue weighted by atomic mass is 16.5. The molecule has 0 aliphatic heterocycles. The van der Waals surface area contributed by atoms with Crippen LogP contribution in [0, 0.1) is 13.8 Å². The van der Waals surface area contributed by atoms with Crippen molar-refractivity contribution < 1.29 is 18.5 Å². The minimum absolute atomic E-state index is 0.232. The molecule has 0 spiro atoms. The van der Waals surface area contributed by atoms with E-state index in [0.29, 0.717) is 41.1 Å². The van der Waals surface area contributed by atoms with Gasteiger partial charge in [-0.2, -0.15) is 4.98 Å². The fraction of sp³-hybridized carbons (Fsp3) is 0.174. The summed E-state index contributed by atoms with van der Waals surface area (Å²) in [5.41, 5.74) is 2.67. The maximum Gasteiger partial charge on any atom is 0.259 e. The number of hydrogen-bond acceptors (Lipinski definition) is 6. The summed E-state index contributed by atoms with van der Waals surface area (Å²) in [5, 5.41) is 6.95. The van der Waals surface area contributed by atoms with Crippen molar-refractivity contribution in [1.29, 1.82) is 0 Å². The van der Waals surface area contributed by atoms with E-state index < -0.39 is 0 Å². The molecule has 30 heavy (non-hydrogen) atoms. The second kappa shape index (κ2) is 8.24. The molecule has 0 atom stereocenters. The monoisotopic (exact) mass is 403 g/mol. The SMILES string of the molecule is CCOc1ccc(-c2nc(-c3cccc(NC(=O)c4cc(C)oc4C)c3)no2)cc1. The average molecular weight is 403 g/mol. The van der Waals surface area contributed by atoms with E-state index in [1.54, 1.807) is 25.1 Å². The van der Waals surface area contributed by atoms with Gasteiger partial charge in [-0.05, 0) is 63.2 Å². The van der Waals surface area contributed by atoms with Gasteiger partial charge >= 0.3 is 0 Å². The van der Waals surface area contributed by atoms with Crippen molar-refractivity contribution >= 4 is 11.6 Å². The molecule has 152 valence electrons. The molecule has 0 saturated carbocycles. The van der Waals surface area contributed by atoms with Gasteiger partial charge in [0.25, 0.3) is 11.8 Å². The van der Waals surface area contributed by atoms with E-state index in [2.05, 4.69) is 15.5 Å². The number of furan rings is 1. The molecular formula is C23H21N3O4. The Morgan fingerprint density at radius 3 is 2.57 bits per heavy atom. The topological polar surface area (TPSA) is 90.4 Å². The smallest absolute Gasteiger partial charge is 0.259 e. The zero-order valence-corrected chi connectivity index (χ0v) is 16.9. The van der Waals surface area contributed by atoms with Gasteiger partial charge < -0.3 is 19.0 Å². The van der Waals surface area contributed by atoms with Crippen molar-refractivity contribution in [2.75, 3.05) is 11.9 Å². The Hall–Kier alpha value is -3.87. The van der Waals surface area contributed by atoms with Gasteiger partial charge in [0.15, 0.2) is 0 Å². The number of amides is 1. The van der Waals surface area contributed by atoms with Crippen LogP contribution in [0.1, 0.15) is 28.8 Å². The van der Waals surface area contributed by atoms with E-state index in [0.717, 1.165) is 16.9 Å². The molecule has 2 aromatic carbocycles. The summed E-state index contributed by atoms with van der Waals surface area (Å²) in [6, 6.07) is 16.5. The lowest BCUT2D eigenvalue weighted by molar-refractivity contribution is 0.102. The first kappa shape index (κ1) is 19.4. The van der Waals surface area contributed by atoms with Crippen LogP contribution in [0.25, 0.3) is 22.8 Å². The number of nitrogens with zero attached hydrogens (tertiary/aromatic N) is 2. The number of benzene rings is 2. The molecule has 2 heterocycles. The Bertz CT molecular complexity index is 1180. The number of aromatic nitrogens is 2. The van der Waals surface area contributed by atoms with E-state index in [4.69, 9.17) is 13.7 Å². The number of carbonyl (C=O) groups excluding carboxylic acids is 1. The van der Waals surface area contributed by atoms with Crippen LogP contribution in [-0.2, 0) is 0 Å². The molecule has 2 aromatic heterocycles. The normalized spacial score (nSPS) is 10.8. The Balaban J connectivity index is 1.53. The van der Waals surface area contributed by atoms with E-state index in [1.807, 2.05) is 50.2 Å². The maximum atomic E-state index is 12.5. The summed E-state index contributed by atoms with van der Waals surface area (Å²) in [6.45, 7) is 6.12. The van der Waals surface area contributed by atoms with Gasteiger partial charge in [-0.15, -0.1) is 0 Å². The largest absolute Gasteiger partial charge is 0.494 e. The highest BCUT2D eigenvalue weighted by Gasteiger charge is 2.15. The van der Waals surface area contributed by atoms with Crippen molar-refractivity contribution in [3.8, 4) is 28.6 Å². The third kappa shape index (κ3) is 4.10. The molecule has 7 heteroatoms. The van der Waals surface area contributed by atoms with Crippen molar-refractivity contribution in [1.82, 2.24) is 10.1 Å². The minimum Gasteiger partial charge on any atom is -0.494 e. The minimum atomic E-state index is -0.232. The van der Waals surface area contributed by atoms with E-state index in [-0.39, 0.29) is 5.91 Å². The molecule has 0 fully saturated rings. The van der Waals surface area contributed by atoms with Gasteiger partial charge in [-0.1, -0.05) is 17.3 Å². The van der Waals surface area contributed by atoms with Crippen LogP contribution in [0.2, 0.25) is 0 Å². The standard InChI is InChI=1S/C23H21N3O4/c1-4-28-19-10-8-16(9-11-19)23-25-21(26-30-23)17-6-5-7-18(13-17)24-22(27)20-12-14(2)29-15(20)3/h5-13H,4H2,1-3H3,(H,24,27). The summed E-state index contributed by atoms with van der Waals surface area (Å²) < 4.78 is 16.3. The van der Waals surface area contributed by atoms with Crippen LogP contribution < -0.4 is 10.1 Å². The van der Waals surface area contributed by atoms with Gasteiger partial charge in [-0.25, -0.2) is 0 Å². The van der Waals surface area contributed by atoms with E-state index >= 15 is 0 Å². The number of hydrogen-bond donors (Lipinski definition) is 1. The van der Waals surface area contributed by atoms with Crippen LogP contribution in [-0.4, -0.2) is 22.7 Å². The van der Waals surface area contributed by atoms with Crippen LogP contribution >= 0.6 is 0 Å². The summed E-state index contributed by atoms with van der Waals surface area (Å²) in [6.07, 6.45) is 0. The molecule has 0 saturated heterocycles. The molecule has 0 aliphatic rings. The summed E-state index contributed by atoms with van der Waals surface area (Å²) >= 11 is 0. The van der Waals surface area contributed by atoms with E-state index in [1.165, 1.54) is 0 Å². The number of nitrogens with one attached hydrogen (secondary N) is 1. The van der Waals surface area contributed by atoms with Crippen molar-refractivity contribution in [2.24, 2.45) is 0 Å². The predicted octanol–water partition coefficient (Wildman–Crippen LogP) is 5.26. The first-order valence-electron chi connectivity index (χ1n) is 9.59. The number of aryl methyl sites for hydroxylation is 2. The molecule has 7 nitrogen and oxygen atoms in total. The maximum absolute atomic E-state index is 12.5. The van der Waals surface area contributed by atoms with Crippen molar-refractivity contribution in [3.63, 3.8) is 0 Å². The highest BCUT2D eigenvalue weighted by molar-refractivity contribution is 6.05. The van der Waals surface area contributed by atoms with Gasteiger partial charge in [0.05, 0.1) is 12.2 Å². The first-order valence-corrected chi connectivity index (χ1v) is 9.59. The molecule has 1 amide bonds. The number of carbonyl (C=O) groups is 1. The van der Waals surface area contributed by atoms with Gasteiger partial charge in [0, 0.05) is 16.8 Å². The Morgan fingerprint density at radius 1 is 1.07 bits per heavy atom. The Labute approximate surface area is 173 Å². The third-order valence-corrected chi connectivity index (χ3v) is 4.50. The molecule has 0 bridgehead atoms. The lowest BCUT2D eigenvalue weighted by Gasteiger charge is -2.05. The Morgan fingerprint density at radius 2 is 1.87 bits per heavy atom. The molecule has 4 rings (SSSR count). The molecule has 1 N–H and O–H groups in total.